The van der Waals surface area contributed by atoms with Crippen LogP contribution in [0.2, 0.25) is 0 Å². The van der Waals surface area contributed by atoms with E-state index in [2.05, 4.69) is 16.3 Å². The van der Waals surface area contributed by atoms with Gasteiger partial charge in [0.2, 0.25) is 0 Å². The second kappa shape index (κ2) is 6.88. The molecule has 1 aromatic carbocycles. The Hall–Kier alpha value is 0.495. The SMILES string of the molecule is CC.Cc1ccc2cn[n-]c2c1.[Rb+]. The molecule has 0 unspecified atom stereocenters. The van der Waals surface area contributed by atoms with E-state index >= 15 is 0 Å². The topological polar surface area (TPSA) is 27.0 Å². The first kappa shape index (κ1) is 13.5. The monoisotopic (exact) mass is 246 g/mol. The third kappa shape index (κ3) is 3.62. The van der Waals surface area contributed by atoms with E-state index < -0.39 is 0 Å². The molecule has 0 spiro atoms. The molecule has 13 heavy (non-hydrogen) atoms. The minimum Gasteiger partial charge on any atom is -0.575 e. The molecular formula is C10H13N2Rb. The third-order valence-electron chi connectivity index (χ3n) is 1.55. The maximum Gasteiger partial charge on any atom is 1.00 e. The van der Waals surface area contributed by atoms with Crippen LogP contribution in [-0.2, 0) is 0 Å². The Morgan fingerprint density at radius 2 is 1.92 bits per heavy atom. The Kier molecular flexibility index (Phi) is 7.14. The number of fused-ring (bicyclic) bond motifs is 1. The molecule has 1 heterocycles. The molecule has 2 nitrogen and oxygen atoms in total. The molecule has 2 aromatic rings. The number of hydrogen-bond donors (Lipinski definition) is 0. The minimum atomic E-state index is 0. The second-order valence-electron chi connectivity index (χ2n) is 2.41. The van der Waals surface area contributed by atoms with Gasteiger partial charge < -0.3 is 10.2 Å². The number of nitrogens with zero attached hydrogens (tertiary/aromatic N) is 2. The number of rotatable bonds is 0. The van der Waals surface area contributed by atoms with Crippen LogP contribution in [-0.4, -0.2) is 5.10 Å². The molecule has 3 heteroatoms. The summed E-state index contributed by atoms with van der Waals surface area (Å²) in [6, 6.07) is 6.12. The van der Waals surface area contributed by atoms with E-state index in [1.165, 1.54) is 5.56 Å². The van der Waals surface area contributed by atoms with Gasteiger partial charge in [-0.25, -0.2) is 0 Å². The average Bonchev–Trinajstić information content (AvgIpc) is 2.54. The van der Waals surface area contributed by atoms with E-state index in [0.717, 1.165) is 10.9 Å². The van der Waals surface area contributed by atoms with Crippen molar-refractivity contribution in [2.75, 3.05) is 0 Å². The summed E-state index contributed by atoms with van der Waals surface area (Å²) < 4.78 is 0. The van der Waals surface area contributed by atoms with Gasteiger partial charge in [-0.05, 0) is 12.3 Å². The minimum absolute atomic E-state index is 0. The largest absolute Gasteiger partial charge is 1.00 e. The van der Waals surface area contributed by atoms with Gasteiger partial charge in [0.1, 0.15) is 0 Å². The van der Waals surface area contributed by atoms with Crippen LogP contribution in [0.5, 0.6) is 0 Å². The van der Waals surface area contributed by atoms with Gasteiger partial charge >= 0.3 is 58.2 Å². The van der Waals surface area contributed by atoms with Gasteiger partial charge in [-0.3, -0.25) is 0 Å². The molecule has 0 radical (unpaired) electrons. The maximum absolute atomic E-state index is 3.93. The maximum atomic E-state index is 3.93. The molecule has 0 aliphatic heterocycles. The molecular weight excluding hydrogens is 234 g/mol. The van der Waals surface area contributed by atoms with E-state index in [1.807, 2.05) is 32.9 Å². The second-order valence-corrected chi connectivity index (χ2v) is 2.41. The average molecular weight is 247 g/mol. The molecule has 0 fully saturated rings. The smallest absolute Gasteiger partial charge is 0.575 e. The Labute approximate surface area is 128 Å². The summed E-state index contributed by atoms with van der Waals surface area (Å²) in [4.78, 5) is 0. The van der Waals surface area contributed by atoms with Crippen molar-refractivity contribution in [3.05, 3.63) is 30.0 Å². The van der Waals surface area contributed by atoms with Crippen molar-refractivity contribution in [1.29, 1.82) is 0 Å². The standard InChI is InChI=1S/C8H7N2.C2H6.Rb/c1-6-2-3-7-5-9-10-8(7)4-6;1-2;/h2-5H,1H3;1-2H3;/q-1;;+1. The van der Waals surface area contributed by atoms with Crippen LogP contribution in [0.4, 0.5) is 0 Å². The summed E-state index contributed by atoms with van der Waals surface area (Å²) in [7, 11) is 0. The van der Waals surface area contributed by atoms with Crippen LogP contribution in [0.1, 0.15) is 19.4 Å². The molecule has 2 rings (SSSR count). The van der Waals surface area contributed by atoms with Crippen LogP contribution in [0, 0.1) is 6.92 Å². The van der Waals surface area contributed by atoms with Gasteiger partial charge in [0.05, 0.1) is 0 Å². The fourth-order valence-corrected chi connectivity index (χ4v) is 1.00. The predicted molar refractivity (Wildman–Crippen MR) is 51.1 cm³/mol. The Balaban J connectivity index is 0.000000451. The summed E-state index contributed by atoms with van der Waals surface area (Å²) >= 11 is 0. The Morgan fingerprint density at radius 3 is 2.62 bits per heavy atom. The van der Waals surface area contributed by atoms with Crippen molar-refractivity contribution in [3.63, 3.8) is 0 Å². The zero-order valence-electron chi connectivity index (χ0n) is 8.70. The molecule has 0 atom stereocenters. The van der Waals surface area contributed by atoms with Crippen molar-refractivity contribution < 1.29 is 58.2 Å². The van der Waals surface area contributed by atoms with Gasteiger partial charge in [-0.1, -0.05) is 37.6 Å². The van der Waals surface area contributed by atoms with Gasteiger partial charge in [-0.15, -0.1) is 5.52 Å². The van der Waals surface area contributed by atoms with E-state index in [0.29, 0.717) is 0 Å². The molecule has 0 aliphatic carbocycles. The van der Waals surface area contributed by atoms with Gasteiger partial charge in [0.15, 0.2) is 0 Å². The molecule has 0 saturated carbocycles. The van der Waals surface area contributed by atoms with Gasteiger partial charge in [-0.2, -0.15) is 0 Å². The normalized spacial score (nSPS) is 8.54. The van der Waals surface area contributed by atoms with E-state index in [4.69, 9.17) is 0 Å². The number of hydrogen-bond acceptors (Lipinski definition) is 1. The van der Waals surface area contributed by atoms with Crippen LogP contribution >= 0.6 is 0 Å². The quantitative estimate of drug-likeness (QED) is 0.629. The number of aryl methyl sites for hydroxylation is 1. The predicted octanol–water partition coefficient (Wildman–Crippen LogP) is -0.469. The van der Waals surface area contributed by atoms with Gasteiger partial charge in [0.25, 0.3) is 0 Å². The molecule has 1 aromatic heterocycles. The Bertz CT molecular complexity index is 354. The summed E-state index contributed by atoms with van der Waals surface area (Å²) in [5.74, 6) is 0. The van der Waals surface area contributed by atoms with E-state index in [-0.39, 0.29) is 58.2 Å². The van der Waals surface area contributed by atoms with Crippen LogP contribution in [0.3, 0.4) is 0 Å². The van der Waals surface area contributed by atoms with E-state index in [1.54, 1.807) is 6.20 Å². The molecule has 0 bridgehead atoms. The van der Waals surface area contributed by atoms with Crippen molar-refractivity contribution in [3.8, 4) is 0 Å². The van der Waals surface area contributed by atoms with Crippen molar-refractivity contribution >= 4 is 10.9 Å². The first-order chi connectivity index (χ1) is 5.86. The third-order valence-corrected chi connectivity index (χ3v) is 1.55. The van der Waals surface area contributed by atoms with Crippen molar-refractivity contribution in [2.45, 2.75) is 20.8 Å². The molecule has 0 aliphatic rings. The molecule has 0 N–H and O–H groups in total. The summed E-state index contributed by atoms with van der Waals surface area (Å²) in [5, 5.41) is 8.84. The summed E-state index contributed by atoms with van der Waals surface area (Å²) in [6.07, 6.45) is 1.77. The summed E-state index contributed by atoms with van der Waals surface area (Å²) in [5.41, 5.74) is 2.22. The van der Waals surface area contributed by atoms with Crippen molar-refractivity contribution in [1.82, 2.24) is 10.2 Å². The summed E-state index contributed by atoms with van der Waals surface area (Å²) in [6.45, 7) is 6.05. The van der Waals surface area contributed by atoms with E-state index in [9.17, 15) is 0 Å². The first-order valence-electron chi connectivity index (χ1n) is 4.21. The zero-order chi connectivity index (χ0) is 8.97. The Morgan fingerprint density at radius 1 is 1.23 bits per heavy atom. The fourth-order valence-electron chi connectivity index (χ4n) is 1.00. The van der Waals surface area contributed by atoms with Crippen LogP contribution < -0.4 is 63.3 Å². The van der Waals surface area contributed by atoms with Crippen molar-refractivity contribution in [2.24, 2.45) is 0 Å². The molecule has 64 valence electrons. The van der Waals surface area contributed by atoms with Gasteiger partial charge in [0, 0.05) is 6.20 Å². The number of aromatic nitrogens is 2. The van der Waals surface area contributed by atoms with Crippen LogP contribution in [0.15, 0.2) is 24.4 Å². The van der Waals surface area contributed by atoms with Crippen LogP contribution in [0.25, 0.3) is 10.9 Å². The first-order valence-corrected chi connectivity index (χ1v) is 4.21. The molecule has 0 saturated heterocycles. The zero-order valence-corrected chi connectivity index (χ0v) is 13.6. The fraction of sp³-hybridized carbons (Fsp3) is 0.300. The molecule has 0 amide bonds. The number of benzene rings is 1.